The van der Waals surface area contributed by atoms with E-state index in [1.165, 1.54) is 12.1 Å². The van der Waals surface area contributed by atoms with Gasteiger partial charge in [0.2, 0.25) is 5.88 Å². The minimum Gasteiger partial charge on any atom is -0.479 e. The molecule has 154 valence electrons. The van der Waals surface area contributed by atoms with Gasteiger partial charge in [-0.15, -0.1) is 0 Å². The second-order valence-electron chi connectivity index (χ2n) is 5.60. The Morgan fingerprint density at radius 2 is 1.93 bits per heavy atom. The van der Waals surface area contributed by atoms with E-state index in [9.17, 15) is 21.6 Å². The molecule has 0 spiro atoms. The summed E-state index contributed by atoms with van der Waals surface area (Å²) in [4.78, 5) is 7.72. The van der Waals surface area contributed by atoms with Gasteiger partial charge in [0.1, 0.15) is 10.3 Å². The maximum atomic E-state index is 14.2. The van der Waals surface area contributed by atoms with Crippen molar-refractivity contribution in [3.8, 4) is 11.8 Å². The third kappa shape index (κ3) is 4.70. The second kappa shape index (κ2) is 8.41. The number of sulfonamides is 1. The fraction of sp³-hybridized carbons (Fsp3) is 0.176. The average Bonchev–Trinajstić information content (AvgIpc) is 2.66. The summed E-state index contributed by atoms with van der Waals surface area (Å²) in [6, 6.07) is 8.39. The van der Waals surface area contributed by atoms with Crippen LogP contribution in [0.2, 0.25) is 0 Å². The zero-order valence-corrected chi connectivity index (χ0v) is 17.1. The normalized spacial score (nSPS) is 11.7. The van der Waals surface area contributed by atoms with E-state index in [-0.39, 0.29) is 16.5 Å². The number of halogens is 4. The molecule has 12 heteroatoms. The van der Waals surface area contributed by atoms with Crippen LogP contribution in [0.25, 0.3) is 10.9 Å². The lowest BCUT2D eigenvalue weighted by Gasteiger charge is -2.14. The van der Waals surface area contributed by atoms with E-state index in [0.717, 1.165) is 13.2 Å². The minimum absolute atomic E-state index is 0.101. The van der Waals surface area contributed by atoms with Crippen LogP contribution in [0.4, 0.5) is 18.9 Å². The van der Waals surface area contributed by atoms with E-state index >= 15 is 0 Å². The van der Waals surface area contributed by atoms with Gasteiger partial charge in [-0.2, -0.15) is 4.98 Å². The summed E-state index contributed by atoms with van der Waals surface area (Å²) >= 11 is 3.21. The summed E-state index contributed by atoms with van der Waals surface area (Å²) in [5.41, 5.74) is 0.103. The number of alkyl halides is 2. The van der Waals surface area contributed by atoms with Crippen LogP contribution < -0.4 is 14.2 Å². The molecule has 0 radical (unpaired) electrons. The summed E-state index contributed by atoms with van der Waals surface area (Å²) in [6.07, 6.45) is -2.83. The van der Waals surface area contributed by atoms with Crippen molar-refractivity contribution in [3.63, 3.8) is 0 Å². The molecular weight excluding hydrogens is 479 g/mol. The van der Waals surface area contributed by atoms with Crippen molar-refractivity contribution in [2.24, 2.45) is 0 Å². The number of aromatic nitrogens is 2. The van der Waals surface area contributed by atoms with Crippen molar-refractivity contribution < 1.29 is 31.1 Å². The maximum absolute atomic E-state index is 14.2. The molecule has 7 nitrogen and oxygen atoms in total. The highest BCUT2D eigenvalue weighted by atomic mass is 79.9. The number of benzene rings is 1. The molecule has 0 unspecified atom stereocenters. The molecule has 0 fully saturated rings. The van der Waals surface area contributed by atoms with Crippen LogP contribution in [0.5, 0.6) is 11.8 Å². The largest absolute Gasteiger partial charge is 0.479 e. The average molecular weight is 492 g/mol. The van der Waals surface area contributed by atoms with Crippen molar-refractivity contribution in [1.82, 2.24) is 9.97 Å². The lowest BCUT2D eigenvalue weighted by molar-refractivity contribution is 0.0770. The third-order valence-corrected chi connectivity index (χ3v) is 5.51. The van der Waals surface area contributed by atoms with Gasteiger partial charge in [0.15, 0.2) is 12.4 Å². The molecule has 0 aliphatic rings. The molecular formula is C17H13BrF3N3O4S. The molecule has 1 N–H and O–H groups in total. The minimum atomic E-state index is -4.19. The molecule has 29 heavy (non-hydrogen) atoms. The standard InChI is InChI=1S/C17H13BrF3N3O4S/c1-27-17-12(7-10(19)16(23-17)28-8-15(20)21)24-29(25,26)13-4-2-3-11-9(13)5-6-14(18)22-11/h2-7,15,24H,8H2,1H3. The number of nitrogens with one attached hydrogen (secondary N) is 1. The molecule has 0 saturated carbocycles. The van der Waals surface area contributed by atoms with Crippen molar-refractivity contribution in [2.75, 3.05) is 18.4 Å². The number of anilines is 1. The summed E-state index contributed by atoms with van der Waals surface area (Å²) in [7, 11) is -3.03. The third-order valence-electron chi connectivity index (χ3n) is 3.64. The first kappa shape index (κ1) is 21.1. The molecule has 0 bridgehead atoms. The number of methoxy groups -OCH3 is 1. The highest BCUT2D eigenvalue weighted by molar-refractivity contribution is 9.10. The first-order valence-electron chi connectivity index (χ1n) is 7.95. The lowest BCUT2D eigenvalue weighted by Crippen LogP contribution is -2.16. The number of pyridine rings is 2. The van der Waals surface area contributed by atoms with Gasteiger partial charge in [-0.3, -0.25) is 4.72 Å². The Balaban J connectivity index is 2.00. The highest BCUT2D eigenvalue weighted by Gasteiger charge is 2.23. The van der Waals surface area contributed by atoms with Gasteiger partial charge in [0.05, 0.1) is 17.5 Å². The summed E-state index contributed by atoms with van der Waals surface area (Å²) < 4.78 is 76.7. The highest BCUT2D eigenvalue weighted by Crippen LogP contribution is 2.31. The summed E-state index contributed by atoms with van der Waals surface area (Å²) in [5, 5.41) is 0.340. The van der Waals surface area contributed by atoms with Crippen LogP contribution in [0.1, 0.15) is 0 Å². The Morgan fingerprint density at radius 3 is 2.62 bits per heavy atom. The first-order valence-corrected chi connectivity index (χ1v) is 10.2. The molecule has 2 aromatic heterocycles. The van der Waals surface area contributed by atoms with Gasteiger partial charge in [0.25, 0.3) is 22.3 Å². The Hall–Kier alpha value is -2.60. The number of fused-ring (bicyclic) bond motifs is 1. The molecule has 2 heterocycles. The van der Waals surface area contributed by atoms with E-state index in [0.29, 0.717) is 15.5 Å². The SMILES string of the molecule is COc1nc(OCC(F)F)c(F)cc1NS(=O)(=O)c1cccc2nc(Br)ccc12. The Kier molecular flexibility index (Phi) is 6.13. The first-order chi connectivity index (χ1) is 13.7. The van der Waals surface area contributed by atoms with Crippen molar-refractivity contribution in [2.45, 2.75) is 11.3 Å². The van der Waals surface area contributed by atoms with Crippen LogP contribution in [-0.4, -0.2) is 38.5 Å². The van der Waals surface area contributed by atoms with Crippen LogP contribution >= 0.6 is 15.9 Å². The molecule has 0 atom stereocenters. The predicted molar refractivity (Wildman–Crippen MR) is 102 cm³/mol. The van der Waals surface area contributed by atoms with E-state index in [1.54, 1.807) is 18.2 Å². The maximum Gasteiger partial charge on any atom is 0.272 e. The zero-order chi connectivity index (χ0) is 21.2. The van der Waals surface area contributed by atoms with Crippen LogP contribution in [0.3, 0.4) is 0 Å². The van der Waals surface area contributed by atoms with E-state index in [1.807, 2.05) is 0 Å². The van der Waals surface area contributed by atoms with E-state index in [4.69, 9.17) is 4.74 Å². The molecule has 0 aliphatic carbocycles. The van der Waals surface area contributed by atoms with Crippen LogP contribution in [-0.2, 0) is 10.0 Å². The molecule has 1 aromatic carbocycles. The second-order valence-corrected chi connectivity index (χ2v) is 8.06. The lowest BCUT2D eigenvalue weighted by atomic mass is 10.2. The molecule has 3 rings (SSSR count). The van der Waals surface area contributed by atoms with Gasteiger partial charge in [-0.05, 0) is 40.2 Å². The van der Waals surface area contributed by atoms with E-state index < -0.39 is 34.8 Å². The number of nitrogens with zero attached hydrogens (tertiary/aromatic N) is 2. The fourth-order valence-corrected chi connectivity index (χ4v) is 4.05. The number of hydrogen-bond acceptors (Lipinski definition) is 6. The molecule has 3 aromatic rings. The topological polar surface area (TPSA) is 90.4 Å². The van der Waals surface area contributed by atoms with Gasteiger partial charge in [-0.25, -0.2) is 26.6 Å². The molecule has 0 aliphatic heterocycles. The summed E-state index contributed by atoms with van der Waals surface area (Å²) in [5.74, 6) is -2.21. The zero-order valence-electron chi connectivity index (χ0n) is 14.7. The number of ether oxygens (including phenoxy) is 2. The Labute approximate surface area is 172 Å². The van der Waals surface area contributed by atoms with Gasteiger partial charge in [0, 0.05) is 11.5 Å². The molecule has 0 amide bonds. The number of rotatable bonds is 7. The van der Waals surface area contributed by atoms with Crippen molar-refractivity contribution in [3.05, 3.63) is 46.8 Å². The van der Waals surface area contributed by atoms with Crippen LogP contribution in [0, 0.1) is 5.82 Å². The van der Waals surface area contributed by atoms with Crippen molar-refractivity contribution in [1.29, 1.82) is 0 Å². The Bertz CT molecular complexity index is 1160. The monoisotopic (exact) mass is 491 g/mol. The van der Waals surface area contributed by atoms with Crippen LogP contribution in [0.15, 0.2) is 45.9 Å². The van der Waals surface area contributed by atoms with E-state index in [2.05, 4.69) is 35.4 Å². The van der Waals surface area contributed by atoms with Gasteiger partial charge in [-0.1, -0.05) is 6.07 Å². The fourth-order valence-electron chi connectivity index (χ4n) is 2.46. The van der Waals surface area contributed by atoms with Gasteiger partial charge < -0.3 is 9.47 Å². The molecule has 0 saturated heterocycles. The quantitative estimate of drug-likeness (QED) is 0.502. The number of hydrogen-bond donors (Lipinski definition) is 1. The summed E-state index contributed by atoms with van der Waals surface area (Å²) in [6.45, 7) is -1.07. The predicted octanol–water partition coefficient (Wildman–Crippen LogP) is 3.98. The smallest absolute Gasteiger partial charge is 0.272 e. The Morgan fingerprint density at radius 1 is 1.17 bits per heavy atom. The van der Waals surface area contributed by atoms with Crippen molar-refractivity contribution >= 4 is 42.5 Å². The van der Waals surface area contributed by atoms with Gasteiger partial charge >= 0.3 is 0 Å².